The Balaban J connectivity index is 1.41. The average molecular weight is 694 g/mol. The molecule has 3 amide bonds. The monoisotopic (exact) mass is 693 g/mol. The predicted molar refractivity (Wildman–Crippen MR) is 178 cm³/mol. The van der Waals surface area contributed by atoms with Gasteiger partial charge in [0.1, 0.15) is 5.84 Å². The number of nitrogens with one attached hydrogen (secondary N) is 2. The summed E-state index contributed by atoms with van der Waals surface area (Å²) in [5.41, 5.74) is 16.6. The molecule has 1 aromatic heterocycles. The van der Waals surface area contributed by atoms with Gasteiger partial charge in [-0.1, -0.05) is 65.9 Å². The van der Waals surface area contributed by atoms with Gasteiger partial charge in [0, 0.05) is 53.4 Å². The third-order valence-electron chi connectivity index (χ3n) is 6.82. The largest absolute Gasteiger partial charge is 0.387 e. The van der Waals surface area contributed by atoms with Crippen LogP contribution in [0, 0.1) is 0 Å². The van der Waals surface area contributed by atoms with Gasteiger partial charge in [-0.3, -0.25) is 19.4 Å². The molecule has 43 heavy (non-hydrogen) atoms. The lowest BCUT2D eigenvalue weighted by molar-refractivity contribution is -0.127. The molecule has 0 aliphatic carbocycles. The third kappa shape index (κ3) is 8.94. The summed E-state index contributed by atoms with van der Waals surface area (Å²) in [6.45, 7) is 3.59. The summed E-state index contributed by atoms with van der Waals surface area (Å²) in [6, 6.07) is 15.8. The molecule has 0 spiro atoms. The van der Waals surface area contributed by atoms with Crippen LogP contribution in [0.3, 0.4) is 0 Å². The second-order valence-electron chi connectivity index (χ2n) is 10.3. The summed E-state index contributed by atoms with van der Waals surface area (Å²) in [4.78, 5) is 49.4. The molecule has 4 rings (SSSR count). The van der Waals surface area contributed by atoms with E-state index in [-0.39, 0.29) is 30.7 Å². The van der Waals surface area contributed by atoms with Crippen molar-refractivity contribution in [2.45, 2.75) is 38.8 Å². The van der Waals surface area contributed by atoms with Crippen LogP contribution in [0.4, 0.5) is 11.4 Å². The van der Waals surface area contributed by atoms with Gasteiger partial charge in [0.2, 0.25) is 11.8 Å². The topological polar surface area (TPSA) is 156 Å². The lowest BCUT2D eigenvalue weighted by Crippen LogP contribution is -2.41. The number of nitrogens with zero attached hydrogens (tertiary/aromatic N) is 3. The van der Waals surface area contributed by atoms with E-state index in [1.54, 1.807) is 30.5 Å². The molecule has 0 saturated heterocycles. The normalized spacial score (nSPS) is 13.1. The zero-order chi connectivity index (χ0) is 30.8. The number of amides is 3. The maximum absolute atomic E-state index is 13.2. The van der Waals surface area contributed by atoms with Crippen molar-refractivity contribution >= 4 is 63.6 Å². The van der Waals surface area contributed by atoms with E-state index in [9.17, 15) is 14.4 Å². The van der Waals surface area contributed by atoms with Gasteiger partial charge in [-0.15, -0.1) is 0 Å². The van der Waals surface area contributed by atoms with Gasteiger partial charge in [-0.05, 0) is 48.2 Å². The molecule has 1 atom stereocenters. The first-order chi connectivity index (χ1) is 20.8. The number of carbonyl (C=O) groups is 3. The highest BCUT2D eigenvalue weighted by Gasteiger charge is 2.22. The Morgan fingerprint density at radius 1 is 1.05 bits per heavy atom. The minimum absolute atomic E-state index is 0.0481. The van der Waals surface area contributed by atoms with Crippen LogP contribution in [0.5, 0.6) is 0 Å². The van der Waals surface area contributed by atoms with E-state index in [1.165, 1.54) is 6.20 Å². The number of halogens is 1. The maximum atomic E-state index is 13.2. The second kappa shape index (κ2) is 15.4. The highest BCUT2D eigenvalue weighted by Crippen LogP contribution is 2.29. The van der Waals surface area contributed by atoms with Gasteiger partial charge in [0.05, 0.1) is 23.6 Å². The molecular weight excluding hydrogens is 657 g/mol. The number of fused-ring (bicyclic) bond motifs is 1. The van der Waals surface area contributed by atoms with E-state index in [2.05, 4.69) is 43.2 Å². The first-order valence-corrected chi connectivity index (χ1v) is 15.6. The number of nitrogens with two attached hydrogens (primary N) is 2. The number of benzene rings is 2. The van der Waals surface area contributed by atoms with Crippen LogP contribution in [0.25, 0.3) is 6.08 Å². The van der Waals surface area contributed by atoms with Crippen molar-refractivity contribution in [2.75, 3.05) is 22.8 Å². The molecule has 3 aromatic rings. The van der Waals surface area contributed by atoms with E-state index in [0.717, 1.165) is 22.0 Å². The molecule has 2 heterocycles. The van der Waals surface area contributed by atoms with Crippen molar-refractivity contribution in [2.24, 2.45) is 16.5 Å². The smallest absolute Gasteiger partial charge is 0.255 e. The highest BCUT2D eigenvalue weighted by molar-refractivity contribution is 14.1. The Bertz CT molecular complexity index is 1520. The van der Waals surface area contributed by atoms with Crippen LogP contribution >= 0.6 is 22.6 Å². The molecule has 11 heteroatoms. The summed E-state index contributed by atoms with van der Waals surface area (Å²) in [5, 5.41) is 5.68. The summed E-state index contributed by atoms with van der Waals surface area (Å²) in [7, 11) is 0. The molecule has 0 radical (unpaired) electrons. The molecule has 2 aromatic carbocycles. The molecule has 224 valence electrons. The fourth-order valence-electron chi connectivity index (χ4n) is 4.70. The number of aliphatic imine (C=N–C) groups is 1. The first kappa shape index (κ1) is 31.8. The van der Waals surface area contributed by atoms with Gasteiger partial charge in [-0.2, -0.15) is 0 Å². The van der Waals surface area contributed by atoms with Crippen molar-refractivity contribution in [3.05, 3.63) is 94.8 Å². The lowest BCUT2D eigenvalue weighted by Gasteiger charge is -2.22. The predicted octanol–water partition coefficient (Wildman–Crippen LogP) is 3.97. The molecule has 0 unspecified atom stereocenters. The number of rotatable bonds is 12. The second-order valence-corrected chi connectivity index (χ2v) is 11.3. The van der Waals surface area contributed by atoms with Crippen LogP contribution in [0.15, 0.2) is 77.6 Å². The van der Waals surface area contributed by atoms with Crippen LogP contribution in [-0.2, 0) is 22.6 Å². The van der Waals surface area contributed by atoms with E-state index < -0.39 is 6.04 Å². The van der Waals surface area contributed by atoms with Gasteiger partial charge in [0.15, 0.2) is 0 Å². The number of hydrogen-bond acceptors (Lipinski definition) is 7. The Labute approximate surface area is 265 Å². The van der Waals surface area contributed by atoms with E-state index in [4.69, 9.17) is 11.5 Å². The van der Waals surface area contributed by atoms with Crippen molar-refractivity contribution in [1.29, 1.82) is 0 Å². The number of hydrogen-bond donors (Lipinski definition) is 4. The molecule has 0 fully saturated rings. The van der Waals surface area contributed by atoms with Crippen LogP contribution < -0.4 is 22.1 Å². The standard InChI is InChI=1S/C32H36IN7O3/c1-2-11-40(12-10-33)32(43)25-15-23-8-9-24(16-28(23)39-29(35)17-25)30(41)38-26-13-22(18-36-20-26)19-37-31(42)27(34)14-21-6-4-3-5-7-21/h3-9,13,15-16,18,20,27H,2,10-12,14,17,19,34H2,1H3,(H2,35,39)(H,37,42)(H,38,41)/t27-/m0/s1. The zero-order valence-electron chi connectivity index (χ0n) is 24.1. The van der Waals surface area contributed by atoms with Crippen LogP contribution in [0.2, 0.25) is 0 Å². The SMILES string of the molecule is CCCN(CCI)C(=O)C1=Cc2ccc(C(=O)Nc3cncc(CNC(=O)[C@@H](N)Cc4ccccc4)c3)cc2N=C(N)C1. The van der Waals surface area contributed by atoms with Crippen molar-refractivity contribution in [3.8, 4) is 0 Å². The van der Waals surface area contributed by atoms with Gasteiger partial charge in [-0.25, -0.2) is 4.99 Å². The lowest BCUT2D eigenvalue weighted by atomic mass is 10.0. The van der Waals surface area contributed by atoms with Crippen LogP contribution in [0.1, 0.15) is 46.8 Å². The maximum Gasteiger partial charge on any atom is 0.255 e. The molecule has 1 aliphatic rings. The first-order valence-electron chi connectivity index (χ1n) is 14.1. The third-order valence-corrected chi connectivity index (χ3v) is 7.30. The fraction of sp³-hybridized carbons (Fsp3) is 0.281. The quantitative estimate of drug-likeness (QED) is 0.166. The Kier molecular flexibility index (Phi) is 11.4. The summed E-state index contributed by atoms with van der Waals surface area (Å²) >= 11 is 2.26. The molecule has 0 saturated carbocycles. The number of aromatic nitrogens is 1. The minimum Gasteiger partial charge on any atom is -0.387 e. The fourth-order valence-corrected chi connectivity index (χ4v) is 5.28. The van der Waals surface area contributed by atoms with Crippen LogP contribution in [-0.4, -0.2) is 57.0 Å². The molecule has 0 bridgehead atoms. The number of amidine groups is 1. The van der Waals surface area contributed by atoms with Gasteiger partial charge in [0.25, 0.3) is 5.91 Å². The zero-order valence-corrected chi connectivity index (χ0v) is 26.2. The number of carbonyl (C=O) groups excluding carboxylic acids is 3. The Morgan fingerprint density at radius 2 is 1.84 bits per heavy atom. The van der Waals surface area contributed by atoms with E-state index >= 15 is 0 Å². The van der Waals surface area contributed by atoms with Crippen molar-refractivity contribution in [3.63, 3.8) is 0 Å². The number of pyridine rings is 1. The average Bonchev–Trinajstić information content (AvgIpc) is 3.17. The minimum atomic E-state index is -0.682. The Morgan fingerprint density at radius 3 is 2.58 bits per heavy atom. The number of anilines is 1. The summed E-state index contributed by atoms with van der Waals surface area (Å²) < 4.78 is 0.839. The number of alkyl halides is 1. The van der Waals surface area contributed by atoms with Gasteiger partial charge < -0.3 is 27.0 Å². The highest BCUT2D eigenvalue weighted by atomic mass is 127. The molecule has 1 aliphatic heterocycles. The summed E-state index contributed by atoms with van der Waals surface area (Å²) in [6.07, 6.45) is 6.49. The Hall–Kier alpha value is -4.10. The van der Waals surface area contributed by atoms with Gasteiger partial charge >= 0.3 is 0 Å². The molecule has 10 nitrogen and oxygen atoms in total. The van der Waals surface area contributed by atoms with E-state index in [0.29, 0.717) is 53.4 Å². The van der Waals surface area contributed by atoms with Crippen molar-refractivity contribution < 1.29 is 14.4 Å². The molecular formula is C32H36IN7O3. The van der Waals surface area contributed by atoms with E-state index in [1.807, 2.05) is 48.2 Å². The summed E-state index contributed by atoms with van der Waals surface area (Å²) in [5.74, 6) is -0.368. The molecule has 6 N–H and O–H groups in total. The van der Waals surface area contributed by atoms with Crippen molar-refractivity contribution in [1.82, 2.24) is 15.2 Å².